The molecular formula is C19H18ClF17O. The summed E-state index contributed by atoms with van der Waals surface area (Å²) in [7, 11) is 0. The fourth-order valence-electron chi connectivity index (χ4n) is 2.75. The summed E-state index contributed by atoms with van der Waals surface area (Å²) in [4.78, 5) is 10.5. The van der Waals surface area contributed by atoms with Gasteiger partial charge in [0.25, 0.3) is 0 Å². The van der Waals surface area contributed by atoms with Gasteiger partial charge in [-0.1, -0.05) is 31.8 Å². The Bertz CT molecular complexity index is 817. The predicted octanol–water partition coefficient (Wildman–Crippen LogP) is 9.44. The molecule has 38 heavy (non-hydrogen) atoms. The van der Waals surface area contributed by atoms with Crippen LogP contribution in [0.25, 0.3) is 0 Å². The summed E-state index contributed by atoms with van der Waals surface area (Å²) in [5.74, 6) is -56.3. The normalized spacial score (nSPS) is 15.4. The Hall–Kier alpha value is -1.49. The Morgan fingerprint density at radius 3 is 1.24 bits per heavy atom. The van der Waals surface area contributed by atoms with Crippen LogP contribution in [0.2, 0.25) is 0 Å². The van der Waals surface area contributed by atoms with E-state index in [9.17, 15) is 79.4 Å². The van der Waals surface area contributed by atoms with Gasteiger partial charge in [-0.05, 0) is 36.9 Å². The molecule has 0 spiro atoms. The molecule has 0 aliphatic heterocycles. The van der Waals surface area contributed by atoms with Crippen LogP contribution in [0.15, 0.2) is 12.2 Å². The second-order valence-electron chi connectivity index (χ2n) is 7.98. The highest BCUT2D eigenvalue weighted by Gasteiger charge is 2.95. The Morgan fingerprint density at radius 1 is 0.500 bits per heavy atom. The lowest BCUT2D eigenvalue weighted by molar-refractivity contribution is -0.459. The molecule has 0 aliphatic carbocycles. The van der Waals surface area contributed by atoms with E-state index in [0.29, 0.717) is 25.7 Å². The third kappa shape index (κ3) is 6.80. The second-order valence-corrected chi connectivity index (χ2v) is 8.41. The minimum Gasteiger partial charge on any atom is -0.281 e. The molecule has 0 unspecified atom stereocenters. The van der Waals surface area contributed by atoms with Gasteiger partial charge in [0.2, 0.25) is 5.24 Å². The van der Waals surface area contributed by atoms with E-state index in [2.05, 4.69) is 0 Å². The van der Waals surface area contributed by atoms with Gasteiger partial charge in [-0.15, -0.1) is 0 Å². The summed E-state index contributed by atoms with van der Waals surface area (Å²) >= 11 is 5.08. The summed E-state index contributed by atoms with van der Waals surface area (Å²) in [6.45, 7) is 0. The van der Waals surface area contributed by atoms with Crippen molar-refractivity contribution in [1.82, 2.24) is 0 Å². The van der Waals surface area contributed by atoms with Crippen molar-refractivity contribution in [2.24, 2.45) is 0 Å². The fraction of sp³-hybridized carbons (Fsp3) is 0.842. The van der Waals surface area contributed by atoms with Gasteiger partial charge in [-0.3, -0.25) is 4.79 Å². The van der Waals surface area contributed by atoms with Crippen LogP contribution in [0.5, 0.6) is 0 Å². The molecule has 0 radical (unpaired) electrons. The number of carbonyl (C=O) groups is 1. The van der Waals surface area contributed by atoms with Crippen molar-refractivity contribution in [2.45, 2.75) is 99.0 Å². The van der Waals surface area contributed by atoms with E-state index in [0.717, 1.165) is 0 Å². The fourth-order valence-corrected chi connectivity index (χ4v) is 2.88. The SMILES string of the molecule is O=C(Cl)CCCCCCCC/C=C/C(F)(F)C(F)(F)C(F)(F)C(F)(F)C(F)(F)C(F)(F)C(F)(F)C(F)(F)F. The maximum atomic E-state index is 13.7. The van der Waals surface area contributed by atoms with Crippen molar-refractivity contribution in [1.29, 1.82) is 0 Å². The highest BCUT2D eigenvalue weighted by Crippen LogP contribution is 2.64. The molecule has 0 aromatic carbocycles. The monoisotopic (exact) mass is 620 g/mol. The zero-order valence-corrected chi connectivity index (χ0v) is 19.3. The Kier molecular flexibility index (Phi) is 11.5. The number of halogens is 18. The van der Waals surface area contributed by atoms with Gasteiger partial charge < -0.3 is 0 Å². The quantitative estimate of drug-likeness (QED) is 0.0727. The predicted molar refractivity (Wildman–Crippen MR) is 97.6 cm³/mol. The standard InChI is InChI=1S/C19H18ClF17O/c20-11(38)9-7-5-3-1-2-4-6-8-10-12(21,22)13(23,24)14(25,26)15(27,28)16(29,30)17(31,32)18(33,34)19(35,36)37/h8,10H,1-7,9H2/b10-8+. The van der Waals surface area contributed by atoms with Gasteiger partial charge in [-0.25, -0.2) is 0 Å². The molecule has 0 amide bonds. The van der Waals surface area contributed by atoms with Crippen LogP contribution in [0.3, 0.4) is 0 Å². The van der Waals surface area contributed by atoms with Gasteiger partial charge in [-0.2, -0.15) is 74.6 Å². The first-order chi connectivity index (χ1) is 16.7. The molecule has 0 fully saturated rings. The highest BCUT2D eigenvalue weighted by molar-refractivity contribution is 6.63. The van der Waals surface area contributed by atoms with Crippen molar-refractivity contribution in [3.05, 3.63) is 12.2 Å². The van der Waals surface area contributed by atoms with Gasteiger partial charge in [0, 0.05) is 6.42 Å². The smallest absolute Gasteiger partial charge is 0.281 e. The largest absolute Gasteiger partial charge is 0.460 e. The third-order valence-corrected chi connectivity index (χ3v) is 5.26. The summed E-state index contributed by atoms with van der Waals surface area (Å²) in [6.07, 6.45) is -7.47. The summed E-state index contributed by atoms with van der Waals surface area (Å²) in [5, 5.41) is -0.590. The van der Waals surface area contributed by atoms with E-state index < -0.39 is 65.4 Å². The number of rotatable bonds is 16. The maximum absolute atomic E-state index is 13.7. The highest BCUT2D eigenvalue weighted by atomic mass is 35.5. The lowest BCUT2D eigenvalue weighted by Gasteiger charge is -2.42. The third-order valence-electron chi connectivity index (χ3n) is 5.07. The van der Waals surface area contributed by atoms with E-state index in [1.54, 1.807) is 0 Å². The van der Waals surface area contributed by atoms with Gasteiger partial charge in [0.1, 0.15) is 0 Å². The molecule has 0 aromatic rings. The number of allylic oxidation sites excluding steroid dienone is 2. The summed E-state index contributed by atoms with van der Waals surface area (Å²) in [6, 6.07) is 0. The average molecular weight is 621 g/mol. The summed E-state index contributed by atoms with van der Waals surface area (Å²) in [5.41, 5.74) is 0. The molecule has 0 rings (SSSR count). The Balaban J connectivity index is 5.67. The minimum absolute atomic E-state index is 0.0266. The maximum Gasteiger partial charge on any atom is 0.460 e. The zero-order chi connectivity index (χ0) is 30.6. The molecule has 0 N–H and O–H groups in total. The van der Waals surface area contributed by atoms with Gasteiger partial charge >= 0.3 is 47.6 Å². The Morgan fingerprint density at radius 2 is 0.842 bits per heavy atom. The van der Waals surface area contributed by atoms with Crippen molar-refractivity contribution in [3.8, 4) is 0 Å². The van der Waals surface area contributed by atoms with E-state index in [-0.39, 0.29) is 25.3 Å². The molecule has 0 atom stereocenters. The number of carbonyl (C=O) groups excluding carboxylic acids is 1. The first-order valence-electron chi connectivity index (χ1n) is 10.2. The lowest BCUT2D eigenvalue weighted by atomic mass is 9.89. The number of alkyl halides is 17. The molecule has 0 aliphatic rings. The first-order valence-corrected chi connectivity index (χ1v) is 10.6. The second kappa shape index (κ2) is 11.9. The molecule has 0 bridgehead atoms. The van der Waals surface area contributed by atoms with Crippen molar-refractivity contribution < 1.29 is 79.4 Å². The van der Waals surface area contributed by atoms with Gasteiger partial charge in [0.15, 0.2) is 0 Å². The van der Waals surface area contributed by atoms with Gasteiger partial charge in [0.05, 0.1) is 0 Å². The zero-order valence-electron chi connectivity index (χ0n) is 18.5. The molecule has 0 aromatic heterocycles. The van der Waals surface area contributed by atoms with Crippen LogP contribution in [0, 0.1) is 0 Å². The number of unbranched alkanes of at least 4 members (excludes halogenated alkanes) is 6. The average Bonchev–Trinajstić information content (AvgIpc) is 2.73. The minimum atomic E-state index is -8.62. The molecular weight excluding hydrogens is 603 g/mol. The molecule has 0 heterocycles. The van der Waals surface area contributed by atoms with Crippen LogP contribution in [-0.2, 0) is 4.79 Å². The van der Waals surface area contributed by atoms with Crippen LogP contribution in [0.4, 0.5) is 74.6 Å². The molecule has 1 nitrogen and oxygen atoms in total. The van der Waals surface area contributed by atoms with Crippen molar-refractivity contribution in [3.63, 3.8) is 0 Å². The van der Waals surface area contributed by atoms with Crippen LogP contribution < -0.4 is 0 Å². The van der Waals surface area contributed by atoms with Crippen molar-refractivity contribution >= 4 is 16.8 Å². The van der Waals surface area contributed by atoms with E-state index in [1.807, 2.05) is 0 Å². The van der Waals surface area contributed by atoms with E-state index >= 15 is 0 Å². The number of hydrogen-bond donors (Lipinski definition) is 0. The topological polar surface area (TPSA) is 17.1 Å². The molecule has 19 heteroatoms. The first kappa shape index (κ1) is 36.5. The van der Waals surface area contributed by atoms with E-state index in [4.69, 9.17) is 11.6 Å². The number of hydrogen-bond acceptors (Lipinski definition) is 1. The van der Waals surface area contributed by atoms with Crippen LogP contribution >= 0.6 is 11.6 Å². The molecule has 0 saturated carbocycles. The summed E-state index contributed by atoms with van der Waals surface area (Å²) < 4.78 is 224. The molecule has 0 saturated heterocycles. The Labute approximate surface area is 208 Å². The molecule has 226 valence electrons. The van der Waals surface area contributed by atoms with Crippen molar-refractivity contribution in [2.75, 3.05) is 0 Å². The van der Waals surface area contributed by atoms with Crippen LogP contribution in [-0.4, -0.2) is 52.9 Å². The lowest BCUT2D eigenvalue weighted by Crippen LogP contribution is -2.74. The van der Waals surface area contributed by atoms with E-state index in [1.165, 1.54) is 0 Å². The van der Waals surface area contributed by atoms with Crippen LogP contribution in [0.1, 0.15) is 51.4 Å².